The van der Waals surface area contributed by atoms with Gasteiger partial charge in [0.05, 0.1) is 13.2 Å². The number of carbonyl (C=O) groups is 2. The van der Waals surface area contributed by atoms with Crippen molar-refractivity contribution in [2.45, 2.75) is 33.1 Å². The highest BCUT2D eigenvalue weighted by Crippen LogP contribution is 2.32. The maximum absolute atomic E-state index is 11.9. The van der Waals surface area contributed by atoms with E-state index in [9.17, 15) is 9.59 Å². The fraction of sp³-hybridized carbons (Fsp3) is 0.333. The Kier molecular flexibility index (Phi) is 9.57. The average Bonchev–Trinajstić information content (AvgIpc) is 2.81. The third kappa shape index (κ3) is 7.41. The van der Waals surface area contributed by atoms with Crippen molar-refractivity contribution in [2.24, 2.45) is 0 Å². The summed E-state index contributed by atoms with van der Waals surface area (Å²) in [6.45, 7) is 7.21. The van der Waals surface area contributed by atoms with Crippen LogP contribution in [-0.2, 0) is 24.5 Å². The van der Waals surface area contributed by atoms with Gasteiger partial charge in [-0.15, -0.1) is 0 Å². The number of hydrogen-bond acceptors (Lipinski definition) is 6. The highest BCUT2D eigenvalue weighted by atomic mass is 16.5. The lowest BCUT2D eigenvalue weighted by Crippen LogP contribution is -2.18. The molecule has 0 fully saturated rings. The number of hydrogen-bond donors (Lipinski definition) is 2. The van der Waals surface area contributed by atoms with Crippen LogP contribution in [0, 0.1) is 0 Å². The van der Waals surface area contributed by atoms with Crippen molar-refractivity contribution in [1.82, 2.24) is 0 Å². The molecule has 2 rings (SSSR count). The fourth-order valence-electron chi connectivity index (χ4n) is 3.28. The van der Waals surface area contributed by atoms with E-state index in [2.05, 4.69) is 13.8 Å². The van der Waals surface area contributed by atoms with E-state index in [1.165, 1.54) is 0 Å². The van der Waals surface area contributed by atoms with E-state index in [4.69, 9.17) is 19.7 Å². The van der Waals surface area contributed by atoms with Crippen molar-refractivity contribution in [3.63, 3.8) is 0 Å². The smallest absolute Gasteiger partial charge is 0.333 e. The second kappa shape index (κ2) is 12.1. The number of aliphatic hydroxyl groups is 2. The Balaban J connectivity index is 2.14. The van der Waals surface area contributed by atoms with Crippen LogP contribution in [-0.4, -0.2) is 48.6 Å². The number of esters is 2. The van der Waals surface area contributed by atoms with Gasteiger partial charge in [0.2, 0.25) is 0 Å². The molecule has 0 saturated heterocycles. The molecule has 0 aliphatic heterocycles. The molecule has 0 amide bonds. The quantitative estimate of drug-likeness (QED) is 0.420. The van der Waals surface area contributed by atoms with Gasteiger partial charge in [0, 0.05) is 16.6 Å². The van der Waals surface area contributed by atoms with Gasteiger partial charge in [0.25, 0.3) is 0 Å². The molecule has 2 aromatic rings. The summed E-state index contributed by atoms with van der Waals surface area (Å²) >= 11 is 0. The highest BCUT2D eigenvalue weighted by Gasteiger charge is 2.23. The minimum atomic E-state index is -0.445. The number of aliphatic hydroxyl groups excluding tert-OH is 2. The van der Waals surface area contributed by atoms with E-state index in [0.29, 0.717) is 11.1 Å². The van der Waals surface area contributed by atoms with Gasteiger partial charge in [0.15, 0.2) is 0 Å². The Hall–Kier alpha value is -3.22. The maximum atomic E-state index is 11.9. The third-order valence-corrected chi connectivity index (χ3v) is 5.32. The second-order valence-corrected chi connectivity index (χ2v) is 8.24. The van der Waals surface area contributed by atoms with Crippen molar-refractivity contribution < 1.29 is 29.3 Å². The van der Waals surface area contributed by atoms with Crippen LogP contribution in [0.5, 0.6) is 0 Å². The van der Waals surface area contributed by atoms with E-state index in [-0.39, 0.29) is 31.8 Å². The third-order valence-electron chi connectivity index (χ3n) is 5.32. The van der Waals surface area contributed by atoms with Crippen LogP contribution >= 0.6 is 0 Å². The summed E-state index contributed by atoms with van der Waals surface area (Å²) in [6, 6.07) is 16.0. The Morgan fingerprint density at radius 1 is 0.727 bits per heavy atom. The summed E-state index contributed by atoms with van der Waals surface area (Å²) in [6.07, 6.45) is 3.51. The Labute approximate surface area is 195 Å². The molecule has 6 heteroatoms. The first-order chi connectivity index (χ1) is 15.7. The summed E-state index contributed by atoms with van der Waals surface area (Å²) in [5, 5.41) is 17.5. The van der Waals surface area contributed by atoms with Crippen molar-refractivity contribution in [2.75, 3.05) is 26.4 Å². The largest absolute Gasteiger partial charge is 0.460 e. The lowest BCUT2D eigenvalue weighted by Gasteiger charge is -2.26. The van der Waals surface area contributed by atoms with Gasteiger partial charge in [-0.2, -0.15) is 0 Å². The number of carbonyl (C=O) groups excluding carboxylic acids is 2. The minimum absolute atomic E-state index is 0.0148. The molecule has 0 unspecified atom stereocenters. The molecule has 0 radical (unpaired) electrons. The van der Waals surface area contributed by atoms with E-state index < -0.39 is 11.9 Å². The molecular weight excluding hydrogens is 420 g/mol. The molecular formula is C27H32O6. The summed E-state index contributed by atoms with van der Waals surface area (Å²) in [5.74, 6) is -0.890. The van der Waals surface area contributed by atoms with E-state index in [0.717, 1.165) is 22.3 Å². The molecule has 0 bridgehead atoms. The first kappa shape index (κ1) is 26.0. The molecule has 0 atom stereocenters. The second-order valence-electron chi connectivity index (χ2n) is 8.24. The summed E-state index contributed by atoms with van der Waals surface area (Å²) in [4.78, 5) is 23.7. The van der Waals surface area contributed by atoms with Crippen LogP contribution < -0.4 is 0 Å². The molecule has 2 N–H and O–H groups in total. The molecule has 176 valence electrons. The van der Waals surface area contributed by atoms with Gasteiger partial charge in [-0.25, -0.2) is 9.59 Å². The van der Waals surface area contributed by atoms with Gasteiger partial charge < -0.3 is 19.7 Å². The molecule has 33 heavy (non-hydrogen) atoms. The SMILES string of the molecule is CC(=Cc1ccc(C(C)(C)c2ccc(C=C(C)C(=O)OCCO)cc2)cc1)C(=O)OCCO. The van der Waals surface area contributed by atoms with E-state index in [1.807, 2.05) is 48.5 Å². The van der Waals surface area contributed by atoms with Gasteiger partial charge in [-0.1, -0.05) is 62.4 Å². The molecule has 6 nitrogen and oxygen atoms in total. The van der Waals surface area contributed by atoms with Crippen LogP contribution in [0.3, 0.4) is 0 Å². The minimum Gasteiger partial charge on any atom is -0.460 e. The Morgan fingerprint density at radius 2 is 1.06 bits per heavy atom. The van der Waals surface area contributed by atoms with Crippen LogP contribution in [0.25, 0.3) is 12.2 Å². The molecule has 0 aromatic heterocycles. The Bertz CT molecular complexity index is 916. The van der Waals surface area contributed by atoms with Gasteiger partial charge in [-0.3, -0.25) is 0 Å². The molecule has 0 spiro atoms. The first-order valence-electron chi connectivity index (χ1n) is 10.8. The lowest BCUT2D eigenvalue weighted by molar-refractivity contribution is -0.140. The Morgan fingerprint density at radius 3 is 1.36 bits per heavy atom. The fourth-order valence-corrected chi connectivity index (χ4v) is 3.28. The van der Waals surface area contributed by atoms with Crippen molar-refractivity contribution >= 4 is 24.1 Å². The van der Waals surface area contributed by atoms with Gasteiger partial charge >= 0.3 is 11.9 Å². The van der Waals surface area contributed by atoms with E-state index >= 15 is 0 Å². The molecule has 0 heterocycles. The van der Waals surface area contributed by atoms with Crippen LogP contribution in [0.1, 0.15) is 49.9 Å². The van der Waals surface area contributed by atoms with Crippen molar-refractivity contribution in [3.05, 3.63) is 81.9 Å². The maximum Gasteiger partial charge on any atom is 0.333 e. The van der Waals surface area contributed by atoms with Crippen LogP contribution in [0.4, 0.5) is 0 Å². The van der Waals surface area contributed by atoms with E-state index in [1.54, 1.807) is 26.0 Å². The highest BCUT2D eigenvalue weighted by molar-refractivity contribution is 5.93. The number of rotatable bonds is 10. The molecule has 0 aliphatic rings. The predicted octanol–water partition coefficient (Wildman–Crippen LogP) is 3.89. The normalized spacial score (nSPS) is 12.4. The number of benzene rings is 2. The number of ether oxygens (including phenoxy) is 2. The summed E-state index contributed by atoms with van der Waals surface area (Å²) < 4.78 is 9.86. The monoisotopic (exact) mass is 452 g/mol. The molecule has 2 aromatic carbocycles. The topological polar surface area (TPSA) is 93.1 Å². The van der Waals surface area contributed by atoms with Gasteiger partial charge in [-0.05, 0) is 48.3 Å². The predicted molar refractivity (Wildman–Crippen MR) is 128 cm³/mol. The zero-order valence-corrected chi connectivity index (χ0v) is 19.6. The van der Waals surface area contributed by atoms with Crippen LogP contribution in [0.15, 0.2) is 59.7 Å². The zero-order chi connectivity index (χ0) is 24.4. The van der Waals surface area contributed by atoms with Crippen molar-refractivity contribution in [1.29, 1.82) is 0 Å². The first-order valence-corrected chi connectivity index (χ1v) is 10.8. The standard InChI is InChI=1S/C27H32O6/c1-19(25(30)32-15-13-28)17-21-5-9-23(10-6-21)27(3,4)24-11-7-22(8-12-24)18-20(2)26(31)33-16-14-29/h5-12,17-18,28-29H,13-16H2,1-4H3. The lowest BCUT2D eigenvalue weighted by atomic mass is 9.77. The summed E-state index contributed by atoms with van der Waals surface area (Å²) in [5.41, 5.74) is 4.69. The van der Waals surface area contributed by atoms with Gasteiger partial charge in [0.1, 0.15) is 13.2 Å². The molecule has 0 saturated carbocycles. The average molecular weight is 453 g/mol. The molecule has 0 aliphatic carbocycles. The summed E-state index contributed by atoms with van der Waals surface area (Å²) in [7, 11) is 0. The zero-order valence-electron chi connectivity index (χ0n) is 19.6. The van der Waals surface area contributed by atoms with Crippen LogP contribution in [0.2, 0.25) is 0 Å². The van der Waals surface area contributed by atoms with Crippen molar-refractivity contribution in [3.8, 4) is 0 Å².